The van der Waals surface area contributed by atoms with E-state index < -0.39 is 5.60 Å². The predicted molar refractivity (Wildman–Crippen MR) is 123 cm³/mol. The number of hydrogen-bond acceptors (Lipinski definition) is 6. The molecule has 1 N–H and O–H groups in total. The van der Waals surface area contributed by atoms with E-state index >= 15 is 0 Å². The molecular weight excluding hydrogens is 424 g/mol. The number of hydrogen-bond donors (Lipinski definition) is 1. The van der Waals surface area contributed by atoms with Crippen LogP contribution in [0.3, 0.4) is 0 Å². The summed E-state index contributed by atoms with van der Waals surface area (Å²) in [5.41, 5.74) is 1.61. The molecule has 1 atom stereocenters. The number of ether oxygens (including phenoxy) is 3. The molecule has 0 aromatic heterocycles. The molecule has 2 saturated heterocycles. The average Bonchev–Trinajstić information content (AvgIpc) is 2.76. The van der Waals surface area contributed by atoms with E-state index in [9.17, 15) is 14.4 Å². The largest absolute Gasteiger partial charge is 0.444 e. The average molecular weight is 461 g/mol. The quantitative estimate of drug-likeness (QED) is 0.473. The lowest BCUT2D eigenvalue weighted by atomic mass is 9.90. The Kier molecular flexibility index (Phi) is 8.86. The molecule has 0 radical (unpaired) electrons. The van der Waals surface area contributed by atoms with Gasteiger partial charge in [0, 0.05) is 19.5 Å². The van der Waals surface area contributed by atoms with Gasteiger partial charge in [0.1, 0.15) is 5.60 Å². The van der Waals surface area contributed by atoms with Crippen LogP contribution in [0.4, 0.5) is 4.79 Å². The van der Waals surface area contributed by atoms with E-state index in [0.717, 1.165) is 30.4 Å². The Labute approximate surface area is 195 Å². The van der Waals surface area contributed by atoms with Crippen LogP contribution in [0.25, 0.3) is 0 Å². The van der Waals surface area contributed by atoms with Gasteiger partial charge in [0.05, 0.1) is 31.8 Å². The zero-order valence-electron chi connectivity index (χ0n) is 19.9. The van der Waals surface area contributed by atoms with Gasteiger partial charge < -0.3 is 19.1 Å². The van der Waals surface area contributed by atoms with E-state index in [0.29, 0.717) is 45.8 Å². The first-order valence-electron chi connectivity index (χ1n) is 11.8. The summed E-state index contributed by atoms with van der Waals surface area (Å²) >= 11 is 0. The summed E-state index contributed by atoms with van der Waals surface area (Å²) in [6.07, 6.45) is 3.23. The normalized spacial score (nSPS) is 20.0. The Hall–Kier alpha value is -2.45. The Morgan fingerprint density at radius 3 is 2.36 bits per heavy atom. The van der Waals surface area contributed by atoms with Crippen LogP contribution in [0, 0.1) is 0 Å². The van der Waals surface area contributed by atoms with E-state index in [-0.39, 0.29) is 29.9 Å². The van der Waals surface area contributed by atoms with Gasteiger partial charge in [-0.05, 0) is 57.6 Å². The van der Waals surface area contributed by atoms with Gasteiger partial charge in [0.15, 0.2) is 0 Å². The van der Waals surface area contributed by atoms with Gasteiger partial charge in [-0.1, -0.05) is 24.3 Å². The SMILES string of the molecule is CC(C)(C)OC(=O)N1CCC(OCCOCCc2ccc(C3CCC(=O)NC3=O)cc2)CC1. The Balaban J connectivity index is 1.26. The summed E-state index contributed by atoms with van der Waals surface area (Å²) in [6, 6.07) is 7.94. The molecule has 2 heterocycles. The molecule has 33 heavy (non-hydrogen) atoms. The molecule has 0 spiro atoms. The van der Waals surface area contributed by atoms with Crippen LogP contribution < -0.4 is 5.32 Å². The summed E-state index contributed by atoms with van der Waals surface area (Å²) in [6.45, 7) is 8.57. The fraction of sp³-hybridized carbons (Fsp3) is 0.640. The van der Waals surface area contributed by atoms with Crippen molar-refractivity contribution >= 4 is 17.9 Å². The number of benzene rings is 1. The summed E-state index contributed by atoms with van der Waals surface area (Å²) < 4.78 is 17.0. The van der Waals surface area contributed by atoms with E-state index in [4.69, 9.17) is 14.2 Å². The summed E-state index contributed by atoms with van der Waals surface area (Å²) in [4.78, 5) is 37.1. The molecule has 1 aromatic carbocycles. The fourth-order valence-corrected chi connectivity index (χ4v) is 4.03. The molecule has 182 valence electrons. The summed E-state index contributed by atoms with van der Waals surface area (Å²) in [5.74, 6) is -0.653. The minimum atomic E-state index is -0.475. The van der Waals surface area contributed by atoms with Gasteiger partial charge in [-0.15, -0.1) is 0 Å². The van der Waals surface area contributed by atoms with Gasteiger partial charge in [-0.3, -0.25) is 14.9 Å². The Bertz CT molecular complexity index is 809. The maximum atomic E-state index is 12.1. The zero-order valence-corrected chi connectivity index (χ0v) is 19.9. The number of carbonyl (C=O) groups excluding carboxylic acids is 3. The first-order chi connectivity index (χ1) is 15.7. The number of piperidine rings is 2. The molecule has 2 fully saturated rings. The first-order valence-corrected chi connectivity index (χ1v) is 11.8. The van der Waals surface area contributed by atoms with Gasteiger partial charge in [0.25, 0.3) is 0 Å². The van der Waals surface area contributed by atoms with Crippen LogP contribution >= 0.6 is 0 Å². The number of nitrogens with one attached hydrogen (secondary N) is 1. The molecule has 0 saturated carbocycles. The summed E-state index contributed by atoms with van der Waals surface area (Å²) in [7, 11) is 0. The highest BCUT2D eigenvalue weighted by atomic mass is 16.6. The molecule has 2 aliphatic rings. The minimum Gasteiger partial charge on any atom is -0.444 e. The van der Waals surface area contributed by atoms with Gasteiger partial charge in [-0.2, -0.15) is 0 Å². The lowest BCUT2D eigenvalue weighted by molar-refractivity contribution is -0.134. The van der Waals surface area contributed by atoms with Gasteiger partial charge >= 0.3 is 6.09 Å². The molecule has 1 unspecified atom stereocenters. The molecule has 8 nitrogen and oxygen atoms in total. The van der Waals surface area contributed by atoms with Crippen molar-refractivity contribution in [1.29, 1.82) is 0 Å². The van der Waals surface area contributed by atoms with Crippen LogP contribution in [0.2, 0.25) is 0 Å². The second kappa shape index (κ2) is 11.6. The third kappa shape index (κ3) is 8.12. The van der Waals surface area contributed by atoms with Crippen LogP contribution in [-0.2, 0) is 30.2 Å². The molecule has 3 amide bonds. The van der Waals surface area contributed by atoms with E-state index in [1.54, 1.807) is 4.90 Å². The van der Waals surface area contributed by atoms with Crippen LogP contribution in [0.15, 0.2) is 24.3 Å². The second-order valence-corrected chi connectivity index (χ2v) is 9.65. The molecular formula is C25H36N2O6. The van der Waals surface area contributed by atoms with Crippen molar-refractivity contribution in [1.82, 2.24) is 10.2 Å². The number of likely N-dealkylation sites (tertiary alicyclic amines) is 1. The topological polar surface area (TPSA) is 94.2 Å². The van der Waals surface area contributed by atoms with Crippen molar-refractivity contribution in [2.75, 3.05) is 32.9 Å². The predicted octanol–water partition coefficient (Wildman–Crippen LogP) is 3.18. The molecule has 8 heteroatoms. The lowest BCUT2D eigenvalue weighted by Gasteiger charge is -2.33. The van der Waals surface area contributed by atoms with Crippen LogP contribution in [0.5, 0.6) is 0 Å². The van der Waals surface area contributed by atoms with Gasteiger partial charge in [-0.25, -0.2) is 4.79 Å². The number of imide groups is 1. The van der Waals surface area contributed by atoms with Crippen LogP contribution in [0.1, 0.15) is 63.5 Å². The zero-order chi connectivity index (χ0) is 23.8. The second-order valence-electron chi connectivity index (χ2n) is 9.65. The van der Waals surface area contributed by atoms with E-state index in [1.807, 2.05) is 45.0 Å². The third-order valence-corrected chi connectivity index (χ3v) is 5.83. The lowest BCUT2D eigenvalue weighted by Crippen LogP contribution is -2.43. The van der Waals surface area contributed by atoms with Crippen molar-refractivity contribution in [3.63, 3.8) is 0 Å². The van der Waals surface area contributed by atoms with Crippen molar-refractivity contribution in [2.24, 2.45) is 0 Å². The van der Waals surface area contributed by atoms with E-state index in [1.165, 1.54) is 0 Å². The minimum absolute atomic E-state index is 0.145. The highest BCUT2D eigenvalue weighted by molar-refractivity contribution is 6.00. The van der Waals surface area contributed by atoms with E-state index in [2.05, 4.69) is 5.32 Å². The Morgan fingerprint density at radius 2 is 1.73 bits per heavy atom. The van der Waals surface area contributed by atoms with Crippen molar-refractivity contribution in [3.05, 3.63) is 35.4 Å². The number of rotatable bonds is 8. The number of nitrogens with zero attached hydrogens (tertiary/aromatic N) is 1. The standard InChI is InChI=1S/C25H36N2O6/c1-25(2,3)33-24(30)27-13-10-20(11-14-27)32-17-16-31-15-12-18-4-6-19(7-5-18)21-8-9-22(28)26-23(21)29/h4-7,20-21H,8-17H2,1-3H3,(H,26,28,29). The highest BCUT2D eigenvalue weighted by Gasteiger charge is 2.28. The monoisotopic (exact) mass is 460 g/mol. The van der Waals surface area contributed by atoms with Crippen molar-refractivity contribution < 1.29 is 28.6 Å². The van der Waals surface area contributed by atoms with Crippen LogP contribution in [-0.4, -0.2) is 67.4 Å². The highest BCUT2D eigenvalue weighted by Crippen LogP contribution is 2.25. The molecule has 0 bridgehead atoms. The number of amides is 3. The molecule has 1 aromatic rings. The maximum absolute atomic E-state index is 12.1. The Morgan fingerprint density at radius 1 is 1.03 bits per heavy atom. The molecule has 2 aliphatic heterocycles. The van der Waals surface area contributed by atoms with Crippen molar-refractivity contribution in [3.8, 4) is 0 Å². The molecule has 0 aliphatic carbocycles. The fourth-order valence-electron chi connectivity index (χ4n) is 4.03. The van der Waals surface area contributed by atoms with Gasteiger partial charge in [0.2, 0.25) is 11.8 Å². The first kappa shape index (κ1) is 25.2. The van der Waals surface area contributed by atoms with Crippen molar-refractivity contribution in [2.45, 2.75) is 70.5 Å². The maximum Gasteiger partial charge on any atom is 0.410 e. The summed E-state index contributed by atoms with van der Waals surface area (Å²) in [5, 5.41) is 2.40. The molecule has 3 rings (SSSR count). The smallest absolute Gasteiger partial charge is 0.410 e. The number of carbonyl (C=O) groups is 3. The third-order valence-electron chi connectivity index (χ3n) is 5.83.